The summed E-state index contributed by atoms with van der Waals surface area (Å²) in [6.45, 7) is 6.73. The molecule has 0 aliphatic heterocycles. The summed E-state index contributed by atoms with van der Waals surface area (Å²) in [6.07, 6.45) is 2.37. The second kappa shape index (κ2) is 7.53. The zero-order chi connectivity index (χ0) is 14.4. The van der Waals surface area contributed by atoms with Crippen LogP contribution in [0.5, 0.6) is 0 Å². The number of rotatable bonds is 7. The van der Waals surface area contributed by atoms with Gasteiger partial charge in [0.2, 0.25) is 0 Å². The lowest BCUT2D eigenvalue weighted by atomic mass is 10.1. The zero-order valence-electron chi connectivity index (χ0n) is 12.1. The maximum absolute atomic E-state index is 10.3. The molecule has 3 nitrogen and oxygen atoms in total. The summed E-state index contributed by atoms with van der Waals surface area (Å²) in [5.41, 5.74) is 2.21. The van der Waals surface area contributed by atoms with Crippen molar-refractivity contribution in [3.8, 4) is 0 Å². The van der Waals surface area contributed by atoms with E-state index in [1.54, 1.807) is 11.3 Å². The summed E-state index contributed by atoms with van der Waals surface area (Å²) in [6, 6.07) is 8.11. The van der Waals surface area contributed by atoms with Gasteiger partial charge in [-0.1, -0.05) is 36.8 Å². The molecule has 0 aliphatic rings. The van der Waals surface area contributed by atoms with E-state index in [9.17, 15) is 5.11 Å². The van der Waals surface area contributed by atoms with E-state index in [-0.39, 0.29) is 0 Å². The molecule has 2 rings (SSSR count). The van der Waals surface area contributed by atoms with E-state index < -0.39 is 6.10 Å². The largest absolute Gasteiger partial charge is 0.387 e. The summed E-state index contributed by atoms with van der Waals surface area (Å²) < 4.78 is 0. The Hall–Kier alpha value is -1.23. The highest BCUT2D eigenvalue weighted by molar-refractivity contribution is 7.09. The summed E-state index contributed by atoms with van der Waals surface area (Å²) in [5.74, 6) is 0. The minimum Gasteiger partial charge on any atom is -0.387 e. The third kappa shape index (κ3) is 4.40. The van der Waals surface area contributed by atoms with E-state index in [4.69, 9.17) is 0 Å². The zero-order valence-corrected chi connectivity index (χ0v) is 12.9. The van der Waals surface area contributed by atoms with Gasteiger partial charge in [-0.15, -0.1) is 11.3 Å². The van der Waals surface area contributed by atoms with Gasteiger partial charge in [-0.3, -0.25) is 0 Å². The topological polar surface area (TPSA) is 36.4 Å². The Labute approximate surface area is 124 Å². The Morgan fingerprint density at radius 2 is 2.05 bits per heavy atom. The Morgan fingerprint density at radius 3 is 2.65 bits per heavy atom. The van der Waals surface area contributed by atoms with Gasteiger partial charge in [-0.25, -0.2) is 4.98 Å². The predicted molar refractivity (Wildman–Crippen MR) is 84.1 cm³/mol. The number of aliphatic hydroxyl groups is 1. The minimum atomic E-state index is -0.424. The van der Waals surface area contributed by atoms with Crippen molar-refractivity contribution in [3.63, 3.8) is 0 Å². The van der Waals surface area contributed by atoms with Crippen LogP contribution in [-0.4, -0.2) is 34.6 Å². The smallest absolute Gasteiger partial charge is 0.0937 e. The minimum absolute atomic E-state index is 0.424. The number of hydrogen-bond donors (Lipinski definition) is 1. The Bertz CT molecular complexity index is 496. The first-order chi connectivity index (χ1) is 9.69. The molecule has 1 unspecified atom stereocenters. The summed E-state index contributed by atoms with van der Waals surface area (Å²) in [7, 11) is 0. The van der Waals surface area contributed by atoms with Crippen molar-refractivity contribution in [2.24, 2.45) is 0 Å². The standard InChI is InChI=1S/C16H22N2OS/c1-3-18(10-8-16-17-9-11-20-16)12-15(19)14-6-4-13(2)5-7-14/h4-7,9,11,15,19H,3,8,10,12H2,1-2H3. The van der Waals surface area contributed by atoms with Crippen LogP contribution < -0.4 is 0 Å². The van der Waals surface area contributed by atoms with Crippen molar-refractivity contribution in [3.05, 3.63) is 52.0 Å². The molecular formula is C16H22N2OS. The number of aryl methyl sites for hydroxylation is 1. The Balaban J connectivity index is 1.87. The lowest BCUT2D eigenvalue weighted by molar-refractivity contribution is 0.116. The van der Waals surface area contributed by atoms with Gasteiger partial charge in [0.1, 0.15) is 0 Å². The fraction of sp³-hybridized carbons (Fsp3) is 0.438. The molecule has 1 heterocycles. The first-order valence-electron chi connectivity index (χ1n) is 7.04. The van der Waals surface area contributed by atoms with Crippen molar-refractivity contribution in [2.75, 3.05) is 19.6 Å². The molecule has 1 atom stereocenters. The molecule has 0 saturated carbocycles. The molecule has 0 fully saturated rings. The van der Waals surface area contributed by atoms with Crippen LogP contribution in [0.2, 0.25) is 0 Å². The first kappa shape index (κ1) is 15.2. The SMILES string of the molecule is CCN(CCc1nccs1)CC(O)c1ccc(C)cc1. The average Bonchev–Trinajstić information content (AvgIpc) is 2.97. The fourth-order valence-electron chi connectivity index (χ4n) is 2.15. The summed E-state index contributed by atoms with van der Waals surface area (Å²) in [5, 5.41) is 13.5. The quantitative estimate of drug-likeness (QED) is 0.851. The molecule has 1 aromatic carbocycles. The lowest BCUT2D eigenvalue weighted by Crippen LogP contribution is -2.30. The molecule has 0 bridgehead atoms. The molecule has 20 heavy (non-hydrogen) atoms. The van der Waals surface area contributed by atoms with Crippen molar-refractivity contribution in [2.45, 2.75) is 26.4 Å². The van der Waals surface area contributed by atoms with Crippen molar-refractivity contribution in [1.29, 1.82) is 0 Å². The van der Waals surface area contributed by atoms with Crippen molar-refractivity contribution in [1.82, 2.24) is 9.88 Å². The van der Waals surface area contributed by atoms with Gasteiger partial charge in [-0.05, 0) is 19.0 Å². The number of nitrogens with zero attached hydrogens (tertiary/aromatic N) is 2. The molecule has 0 saturated heterocycles. The third-order valence-electron chi connectivity index (χ3n) is 3.47. The Morgan fingerprint density at radius 1 is 1.30 bits per heavy atom. The van der Waals surface area contributed by atoms with Crippen LogP contribution in [-0.2, 0) is 6.42 Å². The molecule has 1 aromatic heterocycles. The van der Waals surface area contributed by atoms with Gasteiger partial charge >= 0.3 is 0 Å². The molecule has 0 radical (unpaired) electrons. The second-order valence-electron chi connectivity index (χ2n) is 5.00. The fourth-order valence-corrected chi connectivity index (χ4v) is 2.76. The summed E-state index contributed by atoms with van der Waals surface area (Å²) in [4.78, 5) is 6.57. The van der Waals surface area contributed by atoms with Gasteiger partial charge in [0.25, 0.3) is 0 Å². The van der Waals surface area contributed by atoms with Gasteiger partial charge in [0.15, 0.2) is 0 Å². The van der Waals surface area contributed by atoms with E-state index in [0.717, 1.165) is 30.1 Å². The highest BCUT2D eigenvalue weighted by Gasteiger charge is 2.12. The number of hydrogen-bond acceptors (Lipinski definition) is 4. The van der Waals surface area contributed by atoms with Crippen molar-refractivity contribution < 1.29 is 5.11 Å². The van der Waals surface area contributed by atoms with Crippen LogP contribution in [0, 0.1) is 6.92 Å². The number of likely N-dealkylation sites (N-methyl/N-ethyl adjacent to an activating group) is 1. The highest BCUT2D eigenvalue weighted by Crippen LogP contribution is 2.15. The Kier molecular flexibility index (Phi) is 5.71. The lowest BCUT2D eigenvalue weighted by Gasteiger charge is -2.23. The summed E-state index contributed by atoms with van der Waals surface area (Å²) >= 11 is 1.69. The van der Waals surface area contributed by atoms with Crippen LogP contribution in [0.1, 0.15) is 29.2 Å². The van der Waals surface area contributed by atoms with Crippen LogP contribution >= 0.6 is 11.3 Å². The van der Waals surface area contributed by atoms with Crippen LogP contribution in [0.25, 0.3) is 0 Å². The third-order valence-corrected chi connectivity index (χ3v) is 4.31. The van der Waals surface area contributed by atoms with E-state index in [1.165, 1.54) is 5.56 Å². The van der Waals surface area contributed by atoms with Gasteiger partial charge in [0, 0.05) is 31.1 Å². The monoisotopic (exact) mass is 290 g/mol. The van der Waals surface area contributed by atoms with E-state index in [1.807, 2.05) is 35.8 Å². The van der Waals surface area contributed by atoms with Crippen LogP contribution in [0.4, 0.5) is 0 Å². The number of aliphatic hydroxyl groups excluding tert-OH is 1. The molecule has 108 valence electrons. The van der Waals surface area contributed by atoms with E-state index >= 15 is 0 Å². The van der Waals surface area contributed by atoms with Gasteiger partial charge < -0.3 is 10.0 Å². The van der Waals surface area contributed by atoms with Gasteiger partial charge in [-0.2, -0.15) is 0 Å². The highest BCUT2D eigenvalue weighted by atomic mass is 32.1. The van der Waals surface area contributed by atoms with E-state index in [2.05, 4.69) is 23.7 Å². The maximum atomic E-state index is 10.3. The number of aromatic nitrogens is 1. The number of thiazole rings is 1. The molecule has 4 heteroatoms. The maximum Gasteiger partial charge on any atom is 0.0937 e. The molecule has 2 aromatic rings. The van der Waals surface area contributed by atoms with Crippen molar-refractivity contribution >= 4 is 11.3 Å². The molecule has 0 amide bonds. The van der Waals surface area contributed by atoms with Crippen LogP contribution in [0.15, 0.2) is 35.8 Å². The van der Waals surface area contributed by atoms with Crippen LogP contribution in [0.3, 0.4) is 0 Å². The average molecular weight is 290 g/mol. The molecule has 0 spiro atoms. The molecular weight excluding hydrogens is 268 g/mol. The normalized spacial score (nSPS) is 12.8. The number of benzene rings is 1. The van der Waals surface area contributed by atoms with E-state index in [0.29, 0.717) is 6.54 Å². The first-order valence-corrected chi connectivity index (χ1v) is 7.92. The predicted octanol–water partition coefficient (Wildman–Crippen LogP) is 3.05. The van der Waals surface area contributed by atoms with Gasteiger partial charge in [0.05, 0.1) is 11.1 Å². The molecule has 1 N–H and O–H groups in total. The molecule has 0 aliphatic carbocycles. The second-order valence-corrected chi connectivity index (χ2v) is 5.97.